The van der Waals surface area contributed by atoms with Gasteiger partial charge in [0, 0.05) is 0 Å². The Morgan fingerprint density at radius 3 is 0.500 bits per heavy atom. The fourth-order valence-electron chi connectivity index (χ4n) is 0. The Morgan fingerprint density at radius 1 is 0.500 bits per heavy atom. The maximum Gasteiger partial charge on any atom is 5.00 e. The van der Waals surface area contributed by atoms with Crippen LogP contribution in [0.1, 0.15) is 0 Å². The first-order valence-corrected chi connectivity index (χ1v) is 0. The van der Waals surface area contributed by atoms with E-state index < -0.39 is 0 Å². The van der Waals surface area contributed by atoms with Gasteiger partial charge < -0.3 is 40.5 Å². The molecule has 0 aromatic heterocycles. The van der Waals surface area contributed by atoms with E-state index in [4.69, 9.17) is 0 Å². The predicted molar refractivity (Wildman–Crippen MR) is 27.8 cm³/mol. The van der Waals surface area contributed by atoms with Crippen LogP contribution >= 0.6 is 0 Å². The molecule has 0 bridgehead atoms. The summed E-state index contributed by atoms with van der Waals surface area (Å²) < 4.78 is 0. The Balaban J connectivity index is 0. The molecule has 24 valence electrons. The quantitative estimate of drug-likeness (QED) is 0.486. The van der Waals surface area contributed by atoms with Crippen molar-refractivity contribution in [2.75, 3.05) is 0 Å². The topological polar surface area (TPSA) is 0 Å². The maximum absolute atomic E-state index is 0. The average molecular weight is 218 g/mol. The van der Waals surface area contributed by atoms with Gasteiger partial charge >= 0.3 is 24.4 Å². The predicted octanol–water partition coefficient (Wildman–Crippen LogP) is -0.388. The van der Waals surface area contributed by atoms with Gasteiger partial charge in [-0.3, -0.25) is 0 Å². The van der Waals surface area contributed by atoms with Crippen molar-refractivity contribution in [3.63, 3.8) is 0 Å². The van der Waals surface area contributed by atoms with Crippen LogP contribution in [0.15, 0.2) is 0 Å². The number of hydrogen-bond donors (Lipinski definition) is 0. The molecular formula is S3Sb-. The molecular weight excluding hydrogens is 218 g/mol. The molecule has 0 aliphatic heterocycles. The first kappa shape index (κ1) is 39.8. The van der Waals surface area contributed by atoms with Gasteiger partial charge in [-0.25, -0.2) is 0 Å². The summed E-state index contributed by atoms with van der Waals surface area (Å²) in [4.78, 5) is 0. The molecule has 0 saturated carbocycles. The van der Waals surface area contributed by atoms with E-state index in [1.165, 1.54) is 0 Å². The van der Waals surface area contributed by atoms with E-state index in [1.807, 2.05) is 0 Å². The van der Waals surface area contributed by atoms with E-state index in [2.05, 4.69) is 0 Å². The summed E-state index contributed by atoms with van der Waals surface area (Å²) in [5.41, 5.74) is 0. The van der Waals surface area contributed by atoms with Crippen molar-refractivity contribution in [2.24, 2.45) is 0 Å². The van der Waals surface area contributed by atoms with E-state index in [-0.39, 0.29) is 64.9 Å². The van der Waals surface area contributed by atoms with Crippen molar-refractivity contribution in [1.29, 1.82) is 0 Å². The Hall–Kier alpha value is 1.87. The van der Waals surface area contributed by atoms with E-state index in [9.17, 15) is 0 Å². The Morgan fingerprint density at radius 2 is 0.500 bits per heavy atom. The van der Waals surface area contributed by atoms with Crippen molar-refractivity contribution < 1.29 is 0 Å². The zero-order chi connectivity index (χ0) is 0. The minimum atomic E-state index is 0. The third kappa shape index (κ3) is 9.12. The van der Waals surface area contributed by atoms with Crippen LogP contribution in [0.3, 0.4) is 0 Å². The second kappa shape index (κ2) is 20.9. The fourth-order valence-corrected chi connectivity index (χ4v) is 0. The van der Waals surface area contributed by atoms with Gasteiger partial charge in [-0.2, -0.15) is 0 Å². The summed E-state index contributed by atoms with van der Waals surface area (Å²) in [5, 5.41) is 0. The smallest absolute Gasteiger partial charge is 2.00 e. The summed E-state index contributed by atoms with van der Waals surface area (Å²) in [7, 11) is 0. The van der Waals surface area contributed by atoms with Gasteiger partial charge in [-0.15, -0.1) is 0 Å². The van der Waals surface area contributed by atoms with E-state index in [1.54, 1.807) is 0 Å². The molecule has 0 aliphatic carbocycles. The van der Waals surface area contributed by atoms with Gasteiger partial charge in [0.2, 0.25) is 0 Å². The molecule has 0 aromatic rings. The Kier molecular flexibility index (Phi) is 208. The van der Waals surface area contributed by atoms with Crippen LogP contribution in [0.5, 0.6) is 0 Å². The summed E-state index contributed by atoms with van der Waals surface area (Å²) in [6.07, 6.45) is 0. The van der Waals surface area contributed by atoms with Crippen molar-refractivity contribution >= 4 is 64.9 Å². The molecule has 0 nitrogen and oxygen atoms in total. The zero-order valence-electron chi connectivity index (χ0n) is 1.67. The summed E-state index contributed by atoms with van der Waals surface area (Å²) in [6, 6.07) is 0. The second-order valence-corrected chi connectivity index (χ2v) is 0. The van der Waals surface area contributed by atoms with E-state index in [0.717, 1.165) is 0 Å². The molecule has 0 aromatic carbocycles. The van der Waals surface area contributed by atoms with Crippen LogP contribution in [0, 0.1) is 0 Å². The van der Waals surface area contributed by atoms with Gasteiger partial charge in [0.1, 0.15) is 0 Å². The molecule has 0 unspecified atom stereocenters. The first-order valence-electron chi connectivity index (χ1n) is 0. The minimum absolute atomic E-state index is 0. The standard InChI is InChI=1S/3S.Sb/q3*-2;+5. The summed E-state index contributed by atoms with van der Waals surface area (Å²) >= 11 is 0. The summed E-state index contributed by atoms with van der Waals surface area (Å²) in [6.45, 7) is 0. The monoisotopic (exact) mass is 217 g/mol. The van der Waals surface area contributed by atoms with E-state index in [0.29, 0.717) is 0 Å². The van der Waals surface area contributed by atoms with Gasteiger partial charge in [0.05, 0.1) is 0 Å². The average Bonchev–Trinajstić information content (AvgIpc) is 0. The van der Waals surface area contributed by atoms with Crippen LogP contribution in [-0.2, 0) is 40.5 Å². The molecule has 0 atom stereocenters. The third-order valence-corrected chi connectivity index (χ3v) is 0. The third-order valence-electron chi connectivity index (χ3n) is 0. The number of rotatable bonds is 0. The summed E-state index contributed by atoms with van der Waals surface area (Å²) in [5.74, 6) is 0. The van der Waals surface area contributed by atoms with Crippen LogP contribution in [0.25, 0.3) is 0 Å². The molecule has 0 aliphatic rings. The van der Waals surface area contributed by atoms with Crippen molar-refractivity contribution in [3.8, 4) is 0 Å². The molecule has 0 N–H and O–H groups in total. The molecule has 0 radical (unpaired) electrons. The molecule has 0 saturated heterocycles. The molecule has 4 heteroatoms. The Labute approximate surface area is 64.5 Å². The first-order chi connectivity index (χ1) is 0. The van der Waals surface area contributed by atoms with E-state index >= 15 is 0 Å². The van der Waals surface area contributed by atoms with Gasteiger partial charge in [0.15, 0.2) is 0 Å². The molecule has 0 heterocycles. The van der Waals surface area contributed by atoms with Crippen LogP contribution in [0.2, 0.25) is 0 Å². The second-order valence-electron chi connectivity index (χ2n) is 0. The largest absolute Gasteiger partial charge is 5.00 e. The maximum atomic E-state index is 0. The molecule has 0 rings (SSSR count). The molecule has 4 heavy (non-hydrogen) atoms. The minimum Gasteiger partial charge on any atom is -2.00 e. The van der Waals surface area contributed by atoms with Gasteiger partial charge in [0.25, 0.3) is 0 Å². The van der Waals surface area contributed by atoms with Crippen molar-refractivity contribution in [1.82, 2.24) is 0 Å². The van der Waals surface area contributed by atoms with Crippen molar-refractivity contribution in [3.05, 3.63) is 0 Å². The normalized spacial score (nSPS) is 0. The van der Waals surface area contributed by atoms with Gasteiger partial charge in [-0.1, -0.05) is 0 Å². The van der Waals surface area contributed by atoms with Crippen LogP contribution in [-0.4, -0.2) is 24.4 Å². The van der Waals surface area contributed by atoms with Crippen molar-refractivity contribution in [2.45, 2.75) is 0 Å². The number of hydrogen-bond acceptors (Lipinski definition) is 0. The van der Waals surface area contributed by atoms with Crippen LogP contribution in [0.4, 0.5) is 0 Å². The van der Waals surface area contributed by atoms with Crippen LogP contribution < -0.4 is 0 Å². The zero-order valence-corrected chi connectivity index (χ0v) is 6.67. The molecule has 0 amide bonds. The SMILES string of the molecule is [S-2].[S-2].[S-2].[Sb+5]. The van der Waals surface area contributed by atoms with Gasteiger partial charge in [-0.05, 0) is 0 Å². The molecule has 0 spiro atoms. The Bertz CT molecular complexity index is 3.25. The molecule has 0 fully saturated rings. The fraction of sp³-hybridized carbons (Fsp3) is 0.